The maximum Gasteiger partial charge on any atom is 0.408 e. The van der Waals surface area contributed by atoms with E-state index in [2.05, 4.69) is 19.7 Å². The van der Waals surface area contributed by atoms with Crippen LogP contribution in [0.4, 0.5) is 10.5 Å². The van der Waals surface area contributed by atoms with Crippen LogP contribution in [0.2, 0.25) is 5.02 Å². The quantitative estimate of drug-likeness (QED) is 0.173. The summed E-state index contributed by atoms with van der Waals surface area (Å²) in [5, 5.41) is 5.05. The molecular weight excluding hydrogens is 636 g/mol. The third kappa shape index (κ3) is 10.7. The van der Waals surface area contributed by atoms with E-state index in [1.807, 2.05) is 51.3 Å². The third-order valence-electron chi connectivity index (χ3n) is 6.43. The van der Waals surface area contributed by atoms with Crippen LogP contribution < -0.4 is 14.8 Å². The minimum Gasteiger partial charge on any atom is -0.463 e. The Labute approximate surface area is 275 Å². The van der Waals surface area contributed by atoms with Crippen LogP contribution in [0.1, 0.15) is 68.0 Å². The number of hydrogen-bond acceptors (Lipinski definition) is 8. The highest BCUT2D eigenvalue weighted by atomic mass is 35.5. The molecule has 1 aromatic carbocycles. The van der Waals surface area contributed by atoms with E-state index in [1.165, 1.54) is 11.3 Å². The maximum atomic E-state index is 13.0. The molecule has 0 saturated heterocycles. The zero-order valence-electron chi connectivity index (χ0n) is 27.1. The van der Waals surface area contributed by atoms with Crippen LogP contribution >= 0.6 is 22.9 Å². The van der Waals surface area contributed by atoms with Gasteiger partial charge in [-0.05, 0) is 93.4 Å². The minimum atomic E-state index is -3.72. The number of hydrogen-bond donors (Lipinski definition) is 3. The Bertz CT molecular complexity index is 1610. The molecule has 45 heavy (non-hydrogen) atoms. The number of thiophene rings is 1. The standard InChI is InChI=1S/C32H43ClN4O6S2/c1-19(2)28(35-30(39)43-31(5,6)7)29(38)42-18-32(8,9)27-15-21(12-13-34-27)22-14-26(44-17-22)24-11-10-23(16-25(24)33)37-45(40,41)36-20(3)4/h10-17,19-20,28,36-37H,18H2,1-9H3,(H,35,39)/t28-/m0/s1. The van der Waals surface area contributed by atoms with Gasteiger partial charge in [0.1, 0.15) is 18.2 Å². The van der Waals surface area contributed by atoms with Gasteiger partial charge in [0.15, 0.2) is 0 Å². The van der Waals surface area contributed by atoms with Gasteiger partial charge in [0, 0.05) is 33.8 Å². The lowest BCUT2D eigenvalue weighted by molar-refractivity contribution is -0.149. The molecular formula is C32H43ClN4O6S2. The smallest absolute Gasteiger partial charge is 0.408 e. The number of nitrogens with zero attached hydrogens (tertiary/aromatic N) is 1. The Morgan fingerprint density at radius 1 is 1.00 bits per heavy atom. The Hall–Kier alpha value is -3.19. The molecule has 10 nitrogen and oxygen atoms in total. The van der Waals surface area contributed by atoms with Crippen molar-refractivity contribution in [3.63, 3.8) is 0 Å². The van der Waals surface area contributed by atoms with Crippen molar-refractivity contribution in [2.24, 2.45) is 5.92 Å². The van der Waals surface area contributed by atoms with Gasteiger partial charge in [0.25, 0.3) is 10.2 Å². The molecule has 0 aliphatic carbocycles. The summed E-state index contributed by atoms with van der Waals surface area (Å²) >= 11 is 8.08. The largest absolute Gasteiger partial charge is 0.463 e. The Morgan fingerprint density at radius 2 is 1.69 bits per heavy atom. The second-order valence-corrected chi connectivity index (χ2v) is 15.8. The van der Waals surface area contributed by atoms with E-state index < -0.39 is 39.3 Å². The van der Waals surface area contributed by atoms with Crippen LogP contribution in [0.3, 0.4) is 0 Å². The van der Waals surface area contributed by atoms with Crippen molar-refractivity contribution >= 4 is 50.9 Å². The van der Waals surface area contributed by atoms with Crippen LogP contribution in [0.25, 0.3) is 21.6 Å². The van der Waals surface area contributed by atoms with E-state index >= 15 is 0 Å². The number of pyridine rings is 1. The Kier molecular flexibility index (Phi) is 11.7. The summed E-state index contributed by atoms with van der Waals surface area (Å²) in [6, 6.07) is 9.79. The van der Waals surface area contributed by atoms with Gasteiger partial charge in [-0.1, -0.05) is 39.3 Å². The fraction of sp³-hybridized carbons (Fsp3) is 0.469. The summed E-state index contributed by atoms with van der Waals surface area (Å²) in [6.07, 6.45) is 1.04. The summed E-state index contributed by atoms with van der Waals surface area (Å²) in [5.74, 6) is -0.757. The minimum absolute atomic E-state index is 0.0504. The third-order valence-corrected chi connectivity index (χ3v) is 8.99. The number of ether oxygens (including phenoxy) is 2. The molecule has 0 aliphatic heterocycles. The van der Waals surface area contributed by atoms with Crippen molar-refractivity contribution in [2.75, 3.05) is 11.3 Å². The predicted molar refractivity (Wildman–Crippen MR) is 181 cm³/mol. The summed E-state index contributed by atoms with van der Waals surface area (Å²) < 4.78 is 40.4. The van der Waals surface area contributed by atoms with E-state index in [1.54, 1.807) is 59.0 Å². The van der Waals surface area contributed by atoms with Gasteiger partial charge in [-0.25, -0.2) is 9.59 Å². The second kappa shape index (κ2) is 14.5. The van der Waals surface area contributed by atoms with Crippen molar-refractivity contribution in [3.05, 3.63) is 58.7 Å². The average Bonchev–Trinajstić information content (AvgIpc) is 3.38. The molecule has 0 bridgehead atoms. The number of carbonyl (C=O) groups is 2. The topological polar surface area (TPSA) is 136 Å². The first-order valence-corrected chi connectivity index (χ1v) is 17.3. The molecule has 13 heteroatoms. The Morgan fingerprint density at radius 3 is 2.29 bits per heavy atom. The summed E-state index contributed by atoms with van der Waals surface area (Å²) in [6.45, 7) is 16.3. The number of carbonyl (C=O) groups excluding carboxylic acids is 2. The lowest BCUT2D eigenvalue weighted by Gasteiger charge is -2.27. The van der Waals surface area contributed by atoms with Crippen LogP contribution in [-0.2, 0) is 29.9 Å². The molecule has 0 fully saturated rings. The fourth-order valence-electron chi connectivity index (χ4n) is 4.23. The van der Waals surface area contributed by atoms with Crippen molar-refractivity contribution in [2.45, 2.75) is 85.4 Å². The van der Waals surface area contributed by atoms with E-state index in [0.29, 0.717) is 10.7 Å². The fourth-order valence-corrected chi connectivity index (χ4v) is 6.64. The van der Waals surface area contributed by atoms with E-state index in [0.717, 1.165) is 27.3 Å². The second-order valence-electron chi connectivity index (χ2n) is 13.1. The SMILES string of the molecule is CC(C)NS(=O)(=O)Nc1ccc(-c2cc(-c3ccnc(C(C)(C)COC(=O)[C@@H](NC(=O)OC(C)(C)C)C(C)C)c3)cs2)c(Cl)c1. The normalized spacial score (nSPS) is 13.1. The lowest BCUT2D eigenvalue weighted by atomic mass is 9.88. The first-order chi connectivity index (χ1) is 20.8. The van der Waals surface area contributed by atoms with Crippen molar-refractivity contribution in [3.8, 4) is 21.6 Å². The van der Waals surface area contributed by atoms with Gasteiger partial charge < -0.3 is 14.8 Å². The predicted octanol–water partition coefficient (Wildman–Crippen LogP) is 7.16. The molecule has 246 valence electrons. The van der Waals surface area contributed by atoms with Gasteiger partial charge in [0.2, 0.25) is 0 Å². The molecule has 0 spiro atoms. The molecule has 2 heterocycles. The molecule has 1 atom stereocenters. The zero-order chi connectivity index (χ0) is 33.7. The van der Waals surface area contributed by atoms with Crippen LogP contribution in [-0.4, -0.2) is 49.8 Å². The van der Waals surface area contributed by atoms with Gasteiger partial charge in [-0.15, -0.1) is 11.3 Å². The number of nitrogens with one attached hydrogen (secondary N) is 3. The molecule has 0 unspecified atom stereocenters. The number of aromatic nitrogens is 1. The van der Waals surface area contributed by atoms with Crippen LogP contribution in [0, 0.1) is 5.92 Å². The number of anilines is 1. The maximum absolute atomic E-state index is 13.0. The van der Waals surface area contributed by atoms with Gasteiger partial charge in [-0.3, -0.25) is 9.71 Å². The molecule has 3 N–H and O–H groups in total. The van der Waals surface area contributed by atoms with Crippen molar-refractivity contribution in [1.82, 2.24) is 15.0 Å². The van der Waals surface area contributed by atoms with Crippen molar-refractivity contribution in [1.29, 1.82) is 0 Å². The molecule has 0 saturated carbocycles. The lowest BCUT2D eigenvalue weighted by Crippen LogP contribution is -2.47. The first-order valence-electron chi connectivity index (χ1n) is 14.6. The number of rotatable bonds is 12. The highest BCUT2D eigenvalue weighted by molar-refractivity contribution is 7.90. The Balaban J connectivity index is 1.73. The zero-order valence-corrected chi connectivity index (χ0v) is 29.5. The van der Waals surface area contributed by atoms with Gasteiger partial charge in [-0.2, -0.15) is 13.1 Å². The number of halogens is 1. The van der Waals surface area contributed by atoms with Gasteiger partial charge >= 0.3 is 12.1 Å². The number of amides is 1. The molecule has 1 amide bonds. The molecule has 3 rings (SSSR count). The van der Waals surface area contributed by atoms with E-state index in [4.69, 9.17) is 21.1 Å². The van der Waals surface area contributed by atoms with Crippen LogP contribution in [0.5, 0.6) is 0 Å². The van der Waals surface area contributed by atoms with Gasteiger partial charge in [0.05, 0.1) is 10.7 Å². The highest BCUT2D eigenvalue weighted by Crippen LogP contribution is 2.38. The summed E-state index contributed by atoms with van der Waals surface area (Å²) in [5.41, 5.74) is 2.41. The molecule has 0 aliphatic rings. The highest BCUT2D eigenvalue weighted by Gasteiger charge is 2.31. The number of benzene rings is 1. The average molecular weight is 679 g/mol. The molecule has 2 aromatic heterocycles. The summed E-state index contributed by atoms with van der Waals surface area (Å²) in [4.78, 5) is 30.8. The monoisotopic (exact) mass is 678 g/mol. The van der Waals surface area contributed by atoms with E-state index in [9.17, 15) is 18.0 Å². The van der Waals surface area contributed by atoms with Crippen molar-refractivity contribution < 1.29 is 27.5 Å². The first kappa shape index (κ1) is 36.3. The van der Waals surface area contributed by atoms with E-state index in [-0.39, 0.29) is 18.6 Å². The summed E-state index contributed by atoms with van der Waals surface area (Å²) in [7, 11) is -3.72. The number of esters is 1. The van der Waals surface area contributed by atoms with Crippen LogP contribution in [0.15, 0.2) is 48.0 Å². The molecule has 0 radical (unpaired) electrons. The number of alkyl carbamates (subject to hydrolysis) is 1. The molecule has 3 aromatic rings.